The van der Waals surface area contributed by atoms with Crippen molar-refractivity contribution in [3.8, 4) is 0 Å². The number of thiophene rings is 1. The van der Waals surface area contributed by atoms with Crippen LogP contribution in [-0.4, -0.2) is 12.6 Å². The molecule has 0 saturated carbocycles. The zero-order chi connectivity index (χ0) is 11.8. The summed E-state index contributed by atoms with van der Waals surface area (Å²) in [6.07, 6.45) is 6.26. The van der Waals surface area contributed by atoms with E-state index in [-0.39, 0.29) is 0 Å². The Bertz CT molecular complexity index is 285. The molecule has 0 aromatic carbocycles. The standard InChI is InChI=1S/C13H22BrNS/c1-3-9-15-11(4-2)6-5-7-13-12(14)8-10-16-13/h8,10-11,15H,3-7,9H2,1-2H3. The Balaban J connectivity index is 2.20. The van der Waals surface area contributed by atoms with E-state index in [1.807, 2.05) is 11.3 Å². The van der Waals surface area contributed by atoms with E-state index in [9.17, 15) is 0 Å². The van der Waals surface area contributed by atoms with Crippen LogP contribution in [0.2, 0.25) is 0 Å². The van der Waals surface area contributed by atoms with Crippen LogP contribution >= 0.6 is 27.3 Å². The molecule has 1 atom stereocenters. The normalized spacial score (nSPS) is 12.9. The summed E-state index contributed by atoms with van der Waals surface area (Å²) in [6, 6.07) is 2.85. The minimum Gasteiger partial charge on any atom is -0.314 e. The summed E-state index contributed by atoms with van der Waals surface area (Å²) < 4.78 is 1.28. The summed E-state index contributed by atoms with van der Waals surface area (Å²) in [5, 5.41) is 5.76. The van der Waals surface area contributed by atoms with E-state index in [0.717, 1.165) is 6.54 Å². The lowest BCUT2D eigenvalue weighted by Gasteiger charge is -2.16. The Kier molecular flexibility index (Phi) is 7.33. The quantitative estimate of drug-likeness (QED) is 0.739. The highest BCUT2D eigenvalue weighted by Gasteiger charge is 2.06. The molecule has 16 heavy (non-hydrogen) atoms. The third-order valence-electron chi connectivity index (χ3n) is 2.82. The molecular formula is C13H22BrNS. The first-order valence-electron chi connectivity index (χ1n) is 6.23. The highest BCUT2D eigenvalue weighted by molar-refractivity contribution is 9.10. The maximum absolute atomic E-state index is 3.61. The molecule has 1 unspecified atom stereocenters. The first-order chi connectivity index (χ1) is 7.77. The lowest BCUT2D eigenvalue weighted by molar-refractivity contribution is 0.456. The van der Waals surface area contributed by atoms with E-state index < -0.39 is 0 Å². The van der Waals surface area contributed by atoms with E-state index in [1.54, 1.807) is 0 Å². The molecule has 1 nitrogen and oxygen atoms in total. The van der Waals surface area contributed by atoms with Crippen molar-refractivity contribution in [3.63, 3.8) is 0 Å². The predicted octanol–water partition coefficient (Wildman–Crippen LogP) is 4.61. The van der Waals surface area contributed by atoms with Crippen molar-refractivity contribution in [3.05, 3.63) is 20.8 Å². The average Bonchev–Trinajstić information content (AvgIpc) is 2.69. The van der Waals surface area contributed by atoms with Gasteiger partial charge in [-0.3, -0.25) is 0 Å². The van der Waals surface area contributed by atoms with Crippen LogP contribution in [0.25, 0.3) is 0 Å². The Morgan fingerprint density at radius 3 is 2.81 bits per heavy atom. The number of hydrogen-bond acceptors (Lipinski definition) is 2. The van der Waals surface area contributed by atoms with Crippen molar-refractivity contribution >= 4 is 27.3 Å². The molecule has 3 heteroatoms. The first kappa shape index (κ1) is 14.2. The number of hydrogen-bond donors (Lipinski definition) is 1. The molecule has 1 rings (SSSR count). The largest absolute Gasteiger partial charge is 0.314 e. The lowest BCUT2D eigenvalue weighted by Crippen LogP contribution is -2.29. The van der Waals surface area contributed by atoms with E-state index in [1.165, 1.54) is 41.5 Å². The van der Waals surface area contributed by atoms with Crippen molar-refractivity contribution < 1.29 is 0 Å². The fourth-order valence-electron chi connectivity index (χ4n) is 1.81. The van der Waals surface area contributed by atoms with Crippen molar-refractivity contribution in [2.75, 3.05) is 6.54 Å². The molecule has 1 N–H and O–H groups in total. The van der Waals surface area contributed by atoms with Gasteiger partial charge in [0.25, 0.3) is 0 Å². The van der Waals surface area contributed by atoms with Crippen LogP contribution in [0.4, 0.5) is 0 Å². The molecule has 92 valence electrons. The molecule has 0 bridgehead atoms. The van der Waals surface area contributed by atoms with Gasteiger partial charge in [0.05, 0.1) is 0 Å². The van der Waals surface area contributed by atoms with Crippen LogP contribution in [0.15, 0.2) is 15.9 Å². The Morgan fingerprint density at radius 2 is 2.25 bits per heavy atom. The molecule has 0 amide bonds. The van der Waals surface area contributed by atoms with Crippen LogP contribution in [0.1, 0.15) is 44.4 Å². The number of rotatable bonds is 8. The van der Waals surface area contributed by atoms with Crippen molar-refractivity contribution in [1.82, 2.24) is 5.32 Å². The van der Waals surface area contributed by atoms with E-state index in [4.69, 9.17) is 0 Å². The summed E-state index contributed by atoms with van der Waals surface area (Å²) in [5.41, 5.74) is 0. The molecule has 1 aromatic rings. The second-order valence-corrected chi connectivity index (χ2v) is 6.00. The summed E-state index contributed by atoms with van der Waals surface area (Å²) in [6.45, 7) is 5.65. The van der Waals surface area contributed by atoms with Crippen LogP contribution in [0, 0.1) is 0 Å². The van der Waals surface area contributed by atoms with E-state index in [2.05, 4.69) is 46.5 Å². The van der Waals surface area contributed by atoms with Crippen LogP contribution in [-0.2, 0) is 6.42 Å². The van der Waals surface area contributed by atoms with Gasteiger partial charge in [0.15, 0.2) is 0 Å². The van der Waals surface area contributed by atoms with Gasteiger partial charge in [-0.2, -0.15) is 0 Å². The molecule has 1 heterocycles. The van der Waals surface area contributed by atoms with Crippen molar-refractivity contribution in [2.24, 2.45) is 0 Å². The Labute approximate surface area is 112 Å². The van der Waals surface area contributed by atoms with Gasteiger partial charge in [-0.1, -0.05) is 13.8 Å². The second-order valence-electron chi connectivity index (χ2n) is 4.14. The fourth-order valence-corrected chi connectivity index (χ4v) is 3.41. The highest BCUT2D eigenvalue weighted by Crippen LogP contribution is 2.24. The summed E-state index contributed by atoms with van der Waals surface area (Å²) in [7, 11) is 0. The van der Waals surface area contributed by atoms with Gasteiger partial charge >= 0.3 is 0 Å². The molecule has 0 radical (unpaired) electrons. The SMILES string of the molecule is CCCNC(CC)CCCc1sccc1Br. The smallest absolute Gasteiger partial charge is 0.0314 e. The molecule has 0 aliphatic heterocycles. The maximum atomic E-state index is 3.61. The number of aryl methyl sites for hydroxylation is 1. The van der Waals surface area contributed by atoms with E-state index >= 15 is 0 Å². The van der Waals surface area contributed by atoms with Crippen molar-refractivity contribution in [2.45, 2.75) is 52.0 Å². The second kappa shape index (κ2) is 8.26. The molecule has 0 fully saturated rings. The predicted molar refractivity (Wildman–Crippen MR) is 77.3 cm³/mol. The molecule has 0 saturated heterocycles. The molecular weight excluding hydrogens is 282 g/mol. The molecule has 1 aromatic heterocycles. The summed E-state index contributed by atoms with van der Waals surface area (Å²) in [4.78, 5) is 1.49. The molecule has 0 aliphatic rings. The third-order valence-corrected chi connectivity index (χ3v) is 4.81. The lowest BCUT2D eigenvalue weighted by atomic mass is 10.1. The van der Waals surface area contributed by atoms with Gasteiger partial charge in [-0.15, -0.1) is 11.3 Å². The number of halogens is 1. The monoisotopic (exact) mass is 303 g/mol. The van der Waals surface area contributed by atoms with Gasteiger partial charge < -0.3 is 5.32 Å². The zero-order valence-electron chi connectivity index (χ0n) is 10.3. The van der Waals surface area contributed by atoms with Crippen LogP contribution < -0.4 is 5.32 Å². The molecule has 0 aliphatic carbocycles. The van der Waals surface area contributed by atoms with Crippen LogP contribution in [0.5, 0.6) is 0 Å². The van der Waals surface area contributed by atoms with Crippen LogP contribution in [0.3, 0.4) is 0 Å². The number of nitrogens with one attached hydrogen (secondary N) is 1. The maximum Gasteiger partial charge on any atom is 0.0314 e. The van der Waals surface area contributed by atoms with Gasteiger partial charge in [0.1, 0.15) is 0 Å². The van der Waals surface area contributed by atoms with Gasteiger partial charge in [0.2, 0.25) is 0 Å². The van der Waals surface area contributed by atoms with Gasteiger partial charge in [-0.25, -0.2) is 0 Å². The molecule has 0 spiro atoms. The van der Waals surface area contributed by atoms with E-state index in [0.29, 0.717) is 6.04 Å². The Hall–Kier alpha value is 0.140. The van der Waals surface area contributed by atoms with Gasteiger partial charge in [0, 0.05) is 15.4 Å². The highest BCUT2D eigenvalue weighted by atomic mass is 79.9. The third kappa shape index (κ3) is 4.98. The summed E-state index contributed by atoms with van der Waals surface area (Å²) in [5.74, 6) is 0. The Morgan fingerprint density at radius 1 is 1.44 bits per heavy atom. The minimum absolute atomic E-state index is 0.707. The average molecular weight is 304 g/mol. The minimum atomic E-state index is 0.707. The van der Waals surface area contributed by atoms with Crippen molar-refractivity contribution in [1.29, 1.82) is 0 Å². The fraction of sp³-hybridized carbons (Fsp3) is 0.692. The first-order valence-corrected chi connectivity index (χ1v) is 7.90. The zero-order valence-corrected chi connectivity index (χ0v) is 12.7. The van der Waals surface area contributed by atoms with Gasteiger partial charge in [-0.05, 0) is 66.0 Å². The topological polar surface area (TPSA) is 12.0 Å². The summed E-state index contributed by atoms with van der Waals surface area (Å²) >= 11 is 5.45.